The quantitative estimate of drug-likeness (QED) is 0.566. The zero-order valence-electron chi connectivity index (χ0n) is 18.2. The highest BCUT2D eigenvalue weighted by Gasteiger charge is 2.29. The highest BCUT2D eigenvalue weighted by molar-refractivity contribution is 5.95. The number of amides is 2. The van der Waals surface area contributed by atoms with Gasteiger partial charge in [-0.25, -0.2) is 4.98 Å². The van der Waals surface area contributed by atoms with Crippen LogP contribution in [0.1, 0.15) is 33.7 Å². The Hall–Kier alpha value is -3.88. The van der Waals surface area contributed by atoms with Gasteiger partial charge in [0.2, 0.25) is 5.91 Å². The Bertz CT molecular complexity index is 1220. The van der Waals surface area contributed by atoms with E-state index in [2.05, 4.69) is 15.3 Å². The molecule has 0 aliphatic carbocycles. The molecular weight excluding hydrogens is 410 g/mol. The Morgan fingerprint density at radius 2 is 2.06 bits per heavy atom. The number of hydrogen-bond acceptors (Lipinski definition) is 5. The lowest BCUT2D eigenvalue weighted by Gasteiger charge is -2.19. The van der Waals surface area contributed by atoms with Gasteiger partial charge in [-0.15, -0.1) is 0 Å². The average molecular weight is 435 g/mol. The molecule has 1 aliphatic heterocycles. The number of nitrogens with zero attached hydrogens (tertiary/aromatic N) is 3. The number of anilines is 1. The van der Waals surface area contributed by atoms with Gasteiger partial charge in [-0.2, -0.15) is 0 Å². The summed E-state index contributed by atoms with van der Waals surface area (Å²) in [6.45, 7) is 2.61. The van der Waals surface area contributed by atoms with Gasteiger partial charge in [-0.3, -0.25) is 14.4 Å². The number of likely N-dealkylation sites (N-methyl/N-ethyl adjacent to an activating group) is 1. The Labute approximate surface area is 185 Å². The van der Waals surface area contributed by atoms with Crippen molar-refractivity contribution < 1.29 is 19.5 Å². The number of para-hydroxylation sites is 1. The number of hydrogen-bond donors (Lipinski definition) is 3. The summed E-state index contributed by atoms with van der Waals surface area (Å²) in [6, 6.07) is 10.2. The van der Waals surface area contributed by atoms with Crippen LogP contribution in [0, 0.1) is 6.92 Å². The van der Waals surface area contributed by atoms with Crippen LogP contribution >= 0.6 is 0 Å². The molecule has 0 radical (unpaired) electrons. The van der Waals surface area contributed by atoms with Crippen molar-refractivity contribution >= 4 is 34.5 Å². The van der Waals surface area contributed by atoms with Crippen LogP contribution in [0.25, 0.3) is 11.0 Å². The number of rotatable bonds is 5. The summed E-state index contributed by atoms with van der Waals surface area (Å²) in [5, 5.41) is 12.1. The molecule has 32 heavy (non-hydrogen) atoms. The van der Waals surface area contributed by atoms with Crippen molar-refractivity contribution in [3.8, 4) is 0 Å². The van der Waals surface area contributed by atoms with Crippen molar-refractivity contribution in [1.29, 1.82) is 0 Å². The van der Waals surface area contributed by atoms with Crippen molar-refractivity contribution in [2.75, 3.05) is 19.4 Å². The third-order valence-electron chi connectivity index (χ3n) is 5.65. The lowest BCUT2D eigenvalue weighted by Crippen LogP contribution is -2.39. The standard InChI is InChI=1S/C23H25N5O4/c1-13-5-4-6-17-21(13)26-19(25-17)12-28(3)22(31)14-7-8-16-15(9-14)11-27(2)23(32)18(24-16)10-20(29)30/h4-9,18,24H,10-12H2,1-3H3,(H,25,26)(H,29,30). The number of fused-ring (bicyclic) bond motifs is 2. The summed E-state index contributed by atoms with van der Waals surface area (Å²) in [6.07, 6.45) is -0.316. The third kappa shape index (κ3) is 4.14. The molecule has 9 heteroatoms. The number of carbonyl (C=O) groups excluding carboxylic acids is 2. The number of carboxylic acids is 1. The zero-order chi connectivity index (χ0) is 23.0. The van der Waals surface area contributed by atoms with Crippen LogP contribution in [0.2, 0.25) is 0 Å². The molecule has 0 bridgehead atoms. The Balaban J connectivity index is 1.54. The van der Waals surface area contributed by atoms with Gasteiger partial charge in [-0.05, 0) is 42.3 Å². The summed E-state index contributed by atoms with van der Waals surface area (Å²) >= 11 is 0. The van der Waals surface area contributed by atoms with E-state index in [9.17, 15) is 14.4 Å². The molecule has 0 saturated heterocycles. The maximum atomic E-state index is 13.1. The molecule has 3 aromatic rings. The largest absolute Gasteiger partial charge is 0.481 e. The Morgan fingerprint density at radius 3 is 2.78 bits per heavy atom. The molecule has 1 aromatic heterocycles. The van der Waals surface area contributed by atoms with Crippen LogP contribution in [0.4, 0.5) is 5.69 Å². The van der Waals surface area contributed by atoms with Gasteiger partial charge in [0.05, 0.1) is 24.0 Å². The van der Waals surface area contributed by atoms with E-state index in [1.54, 1.807) is 37.2 Å². The molecule has 0 saturated carbocycles. The fourth-order valence-electron chi connectivity index (χ4n) is 3.98. The molecule has 4 rings (SSSR count). The van der Waals surface area contributed by atoms with E-state index in [1.165, 1.54) is 4.90 Å². The number of aliphatic carboxylic acids is 1. The third-order valence-corrected chi connectivity index (χ3v) is 5.65. The molecular formula is C23H25N5O4. The van der Waals surface area contributed by atoms with Crippen LogP contribution in [-0.4, -0.2) is 62.8 Å². The lowest BCUT2D eigenvalue weighted by atomic mass is 10.1. The summed E-state index contributed by atoms with van der Waals surface area (Å²) < 4.78 is 0. The molecule has 0 fully saturated rings. The second kappa shape index (κ2) is 8.33. The number of carboxylic acid groups (broad SMARTS) is 1. The van der Waals surface area contributed by atoms with E-state index in [0.717, 1.165) is 22.2 Å². The number of aryl methyl sites for hydroxylation is 1. The first-order chi connectivity index (χ1) is 15.2. The van der Waals surface area contributed by atoms with E-state index in [0.29, 0.717) is 23.6 Å². The molecule has 2 aromatic carbocycles. The highest BCUT2D eigenvalue weighted by Crippen LogP contribution is 2.25. The number of aromatic amines is 1. The second-order valence-corrected chi connectivity index (χ2v) is 8.17. The van der Waals surface area contributed by atoms with Crippen molar-refractivity contribution in [3.05, 3.63) is 58.9 Å². The summed E-state index contributed by atoms with van der Waals surface area (Å²) in [4.78, 5) is 47.6. The lowest BCUT2D eigenvalue weighted by molar-refractivity contribution is -0.141. The van der Waals surface area contributed by atoms with Crippen molar-refractivity contribution in [2.45, 2.75) is 32.5 Å². The first-order valence-electron chi connectivity index (χ1n) is 10.3. The Morgan fingerprint density at radius 1 is 1.28 bits per heavy atom. The van der Waals surface area contributed by atoms with Crippen molar-refractivity contribution in [2.24, 2.45) is 0 Å². The first-order valence-corrected chi connectivity index (χ1v) is 10.3. The predicted octanol–water partition coefficient (Wildman–Crippen LogP) is 2.37. The molecule has 2 amide bonds. The number of benzene rings is 2. The summed E-state index contributed by atoms with van der Waals surface area (Å²) in [7, 11) is 3.34. The topological polar surface area (TPSA) is 119 Å². The minimum atomic E-state index is -1.05. The minimum absolute atomic E-state index is 0.176. The van der Waals surface area contributed by atoms with Crippen molar-refractivity contribution in [1.82, 2.24) is 19.8 Å². The normalized spacial score (nSPS) is 15.8. The van der Waals surface area contributed by atoms with Gasteiger partial charge in [0.25, 0.3) is 5.91 Å². The number of nitrogens with one attached hydrogen (secondary N) is 2. The monoisotopic (exact) mass is 435 g/mol. The van der Waals surface area contributed by atoms with Crippen LogP contribution in [0.5, 0.6) is 0 Å². The zero-order valence-corrected chi connectivity index (χ0v) is 18.2. The molecule has 1 unspecified atom stereocenters. The Kier molecular flexibility index (Phi) is 5.56. The fourth-order valence-corrected chi connectivity index (χ4v) is 3.98. The molecule has 166 valence electrons. The van der Waals surface area contributed by atoms with Crippen LogP contribution in [0.15, 0.2) is 36.4 Å². The number of aromatic nitrogens is 2. The van der Waals surface area contributed by atoms with Gasteiger partial charge in [-0.1, -0.05) is 12.1 Å². The van der Waals surface area contributed by atoms with Gasteiger partial charge < -0.3 is 25.2 Å². The maximum absolute atomic E-state index is 13.1. The highest BCUT2D eigenvalue weighted by atomic mass is 16.4. The van der Waals surface area contributed by atoms with E-state index in [4.69, 9.17) is 5.11 Å². The molecule has 2 heterocycles. The predicted molar refractivity (Wildman–Crippen MR) is 119 cm³/mol. The van der Waals surface area contributed by atoms with E-state index < -0.39 is 12.0 Å². The molecule has 3 N–H and O–H groups in total. The number of imidazole rings is 1. The second-order valence-electron chi connectivity index (χ2n) is 8.17. The fraction of sp³-hybridized carbons (Fsp3) is 0.304. The van der Waals surface area contributed by atoms with Gasteiger partial charge >= 0.3 is 5.97 Å². The SMILES string of the molecule is Cc1cccc2nc(CN(C)C(=O)c3ccc4c(c3)CN(C)C(=O)C(CC(=O)O)N4)[nH]c12. The molecule has 1 aliphatic rings. The number of H-pyrrole nitrogens is 1. The van der Waals surface area contributed by atoms with Crippen LogP contribution < -0.4 is 5.32 Å². The van der Waals surface area contributed by atoms with E-state index in [1.807, 2.05) is 25.1 Å². The minimum Gasteiger partial charge on any atom is -0.481 e. The smallest absolute Gasteiger partial charge is 0.305 e. The van der Waals surface area contributed by atoms with Crippen LogP contribution in [-0.2, 0) is 22.7 Å². The summed E-state index contributed by atoms with van der Waals surface area (Å²) in [5.74, 6) is -0.829. The molecule has 0 spiro atoms. The van der Waals surface area contributed by atoms with Gasteiger partial charge in [0.1, 0.15) is 11.9 Å². The summed E-state index contributed by atoms with van der Waals surface area (Å²) in [5.41, 5.74) is 4.81. The molecule has 9 nitrogen and oxygen atoms in total. The molecule has 1 atom stereocenters. The van der Waals surface area contributed by atoms with E-state index >= 15 is 0 Å². The van der Waals surface area contributed by atoms with Crippen molar-refractivity contribution in [3.63, 3.8) is 0 Å². The maximum Gasteiger partial charge on any atom is 0.305 e. The van der Waals surface area contributed by atoms with E-state index in [-0.39, 0.29) is 24.8 Å². The average Bonchev–Trinajstić information content (AvgIpc) is 3.12. The first kappa shape index (κ1) is 21.4. The number of carbonyl (C=O) groups is 3. The van der Waals surface area contributed by atoms with Gasteiger partial charge in [0, 0.05) is 31.9 Å². The van der Waals surface area contributed by atoms with Gasteiger partial charge in [0.15, 0.2) is 0 Å². The van der Waals surface area contributed by atoms with Crippen LogP contribution in [0.3, 0.4) is 0 Å².